The zero-order chi connectivity index (χ0) is 22.9. The molecule has 0 saturated carbocycles. The number of benzene rings is 4. The van der Waals surface area contributed by atoms with Crippen LogP contribution in [-0.2, 0) is 6.54 Å². The summed E-state index contributed by atoms with van der Waals surface area (Å²) in [6, 6.07) is 24.5. The molecule has 0 aromatic heterocycles. The summed E-state index contributed by atoms with van der Waals surface area (Å²) in [5.74, 6) is 0.870. The summed E-state index contributed by atoms with van der Waals surface area (Å²) in [5, 5.41) is 7.95. The molecule has 3 amide bonds. The molecule has 0 atom stereocenters. The first-order chi connectivity index (χ1) is 16.0. The van der Waals surface area contributed by atoms with Crippen LogP contribution in [-0.4, -0.2) is 19.0 Å². The SMILES string of the molecule is Cc1ccc2c(c1)N(C)C(=O)c1cc(NC(=O)NCc3cccc4ccccc34)ccc1O2. The number of ether oxygens (including phenoxy) is 1. The maximum atomic E-state index is 13.1. The van der Waals surface area contributed by atoms with E-state index in [-0.39, 0.29) is 11.9 Å². The Bertz CT molecular complexity index is 1390. The van der Waals surface area contributed by atoms with Gasteiger partial charge in [-0.05, 0) is 59.2 Å². The first kappa shape index (κ1) is 20.6. The summed E-state index contributed by atoms with van der Waals surface area (Å²) in [7, 11) is 1.72. The molecule has 2 N–H and O–H groups in total. The van der Waals surface area contributed by atoms with E-state index in [4.69, 9.17) is 4.74 Å². The molecule has 1 aliphatic heterocycles. The standard InChI is InChI=1S/C27H23N3O3/c1-17-10-12-25-23(14-17)30(2)26(31)22-15-20(11-13-24(22)33-25)29-27(32)28-16-19-8-5-7-18-6-3-4-9-21(18)19/h3-15H,16H2,1-2H3,(H2,28,29,32). The number of hydrogen-bond donors (Lipinski definition) is 2. The fraction of sp³-hybridized carbons (Fsp3) is 0.111. The summed E-state index contributed by atoms with van der Waals surface area (Å²) in [4.78, 5) is 27.2. The lowest BCUT2D eigenvalue weighted by Gasteiger charge is -2.17. The van der Waals surface area contributed by atoms with Gasteiger partial charge < -0.3 is 20.3 Å². The molecule has 1 aliphatic rings. The molecule has 164 valence electrons. The van der Waals surface area contributed by atoms with Gasteiger partial charge in [0.05, 0.1) is 11.3 Å². The molecule has 1 heterocycles. The van der Waals surface area contributed by atoms with E-state index in [1.165, 1.54) is 0 Å². The zero-order valence-corrected chi connectivity index (χ0v) is 18.4. The monoisotopic (exact) mass is 437 g/mol. The predicted octanol–water partition coefficient (Wildman–Crippen LogP) is 5.85. The highest BCUT2D eigenvalue weighted by Gasteiger charge is 2.26. The molecule has 0 fully saturated rings. The Labute approximate surface area is 191 Å². The van der Waals surface area contributed by atoms with Crippen molar-refractivity contribution in [3.8, 4) is 11.5 Å². The fourth-order valence-electron chi connectivity index (χ4n) is 4.05. The van der Waals surface area contributed by atoms with Gasteiger partial charge in [-0.2, -0.15) is 0 Å². The van der Waals surface area contributed by atoms with E-state index in [9.17, 15) is 9.59 Å². The smallest absolute Gasteiger partial charge is 0.319 e. The quantitative estimate of drug-likeness (QED) is 0.422. The van der Waals surface area contributed by atoms with Crippen LogP contribution in [0.15, 0.2) is 78.9 Å². The summed E-state index contributed by atoms with van der Waals surface area (Å²) in [6.45, 7) is 2.35. The van der Waals surface area contributed by atoms with E-state index < -0.39 is 0 Å². The van der Waals surface area contributed by atoms with Crippen molar-refractivity contribution in [1.29, 1.82) is 0 Å². The number of nitrogens with one attached hydrogen (secondary N) is 2. The van der Waals surface area contributed by atoms with Crippen LogP contribution < -0.4 is 20.3 Å². The second-order valence-electron chi connectivity index (χ2n) is 8.09. The van der Waals surface area contributed by atoms with Crippen molar-refractivity contribution < 1.29 is 14.3 Å². The van der Waals surface area contributed by atoms with Gasteiger partial charge >= 0.3 is 6.03 Å². The van der Waals surface area contributed by atoms with Gasteiger partial charge in [-0.25, -0.2) is 4.79 Å². The topological polar surface area (TPSA) is 70.7 Å². The molecule has 0 aliphatic carbocycles. The molecule has 33 heavy (non-hydrogen) atoms. The van der Waals surface area contributed by atoms with Gasteiger partial charge in [0.15, 0.2) is 5.75 Å². The van der Waals surface area contributed by atoms with Crippen LogP contribution in [0.5, 0.6) is 11.5 Å². The Hall–Kier alpha value is -4.32. The van der Waals surface area contributed by atoms with Gasteiger partial charge in [-0.3, -0.25) is 4.79 Å². The summed E-state index contributed by atoms with van der Waals surface area (Å²) in [6.07, 6.45) is 0. The minimum atomic E-state index is -0.350. The van der Waals surface area contributed by atoms with Crippen LogP contribution in [0.4, 0.5) is 16.2 Å². The van der Waals surface area contributed by atoms with E-state index in [1.54, 1.807) is 30.1 Å². The van der Waals surface area contributed by atoms with Crippen LogP contribution in [0.25, 0.3) is 10.8 Å². The highest BCUT2D eigenvalue weighted by atomic mass is 16.5. The van der Waals surface area contributed by atoms with Crippen LogP contribution >= 0.6 is 0 Å². The molecule has 0 spiro atoms. The maximum Gasteiger partial charge on any atom is 0.319 e. The Kier molecular flexibility index (Phi) is 5.18. The van der Waals surface area contributed by atoms with Crippen molar-refractivity contribution in [2.45, 2.75) is 13.5 Å². The van der Waals surface area contributed by atoms with E-state index in [0.29, 0.717) is 35.0 Å². The number of aryl methyl sites for hydroxylation is 1. The average Bonchev–Trinajstić information content (AvgIpc) is 2.92. The number of amides is 3. The number of hydrogen-bond acceptors (Lipinski definition) is 3. The highest BCUT2D eigenvalue weighted by Crippen LogP contribution is 2.39. The third-order valence-corrected chi connectivity index (χ3v) is 5.79. The van der Waals surface area contributed by atoms with Crippen molar-refractivity contribution in [3.05, 3.63) is 95.6 Å². The summed E-state index contributed by atoms with van der Waals surface area (Å²) < 4.78 is 6.01. The van der Waals surface area contributed by atoms with Crippen molar-refractivity contribution in [3.63, 3.8) is 0 Å². The zero-order valence-electron chi connectivity index (χ0n) is 18.4. The summed E-state index contributed by atoms with van der Waals surface area (Å²) >= 11 is 0. The van der Waals surface area contributed by atoms with Crippen LogP contribution in [0.1, 0.15) is 21.5 Å². The second kappa shape index (κ2) is 8.31. The Morgan fingerprint density at radius 1 is 0.939 bits per heavy atom. The highest BCUT2D eigenvalue weighted by molar-refractivity contribution is 6.10. The van der Waals surface area contributed by atoms with Gasteiger partial charge in [-0.1, -0.05) is 48.5 Å². The molecular weight excluding hydrogens is 414 g/mol. The minimum Gasteiger partial charge on any atom is -0.454 e. The number of fused-ring (bicyclic) bond motifs is 3. The van der Waals surface area contributed by atoms with Crippen molar-refractivity contribution >= 4 is 34.1 Å². The van der Waals surface area contributed by atoms with Crippen LogP contribution in [0, 0.1) is 6.92 Å². The van der Waals surface area contributed by atoms with E-state index in [2.05, 4.69) is 10.6 Å². The molecule has 4 aromatic rings. The number of urea groups is 1. The molecule has 5 rings (SSSR count). The fourth-order valence-corrected chi connectivity index (χ4v) is 4.05. The average molecular weight is 437 g/mol. The predicted molar refractivity (Wildman–Crippen MR) is 130 cm³/mol. The van der Waals surface area contributed by atoms with E-state index >= 15 is 0 Å². The van der Waals surface area contributed by atoms with Crippen molar-refractivity contribution in [1.82, 2.24) is 5.32 Å². The maximum absolute atomic E-state index is 13.1. The van der Waals surface area contributed by atoms with Gasteiger partial charge in [0.2, 0.25) is 0 Å². The lowest BCUT2D eigenvalue weighted by atomic mass is 10.0. The number of anilines is 2. The third-order valence-electron chi connectivity index (χ3n) is 5.79. The summed E-state index contributed by atoms with van der Waals surface area (Å²) in [5.41, 5.74) is 3.67. The lowest BCUT2D eigenvalue weighted by molar-refractivity contribution is 0.0993. The second-order valence-corrected chi connectivity index (χ2v) is 8.09. The normalized spacial score (nSPS) is 12.4. The number of carbonyl (C=O) groups excluding carboxylic acids is 2. The number of carbonyl (C=O) groups is 2. The number of nitrogens with zero attached hydrogens (tertiary/aromatic N) is 1. The molecule has 6 heteroatoms. The van der Waals surface area contributed by atoms with Crippen LogP contribution in [0.3, 0.4) is 0 Å². The molecule has 0 radical (unpaired) electrons. The minimum absolute atomic E-state index is 0.200. The largest absolute Gasteiger partial charge is 0.454 e. The van der Waals surface area contributed by atoms with Gasteiger partial charge in [0.1, 0.15) is 5.75 Å². The third kappa shape index (κ3) is 3.99. The molecule has 0 saturated heterocycles. The molecule has 0 unspecified atom stereocenters. The first-order valence-corrected chi connectivity index (χ1v) is 10.7. The van der Waals surface area contributed by atoms with Crippen molar-refractivity contribution in [2.75, 3.05) is 17.3 Å². The Balaban J connectivity index is 1.33. The Morgan fingerprint density at radius 2 is 1.73 bits per heavy atom. The molecule has 0 bridgehead atoms. The lowest BCUT2D eigenvalue weighted by Crippen LogP contribution is -2.28. The van der Waals surface area contributed by atoms with Gasteiger partial charge in [-0.15, -0.1) is 0 Å². The van der Waals surface area contributed by atoms with Gasteiger partial charge in [0.25, 0.3) is 5.91 Å². The van der Waals surface area contributed by atoms with Crippen LogP contribution in [0.2, 0.25) is 0 Å². The van der Waals surface area contributed by atoms with Crippen molar-refractivity contribution in [2.24, 2.45) is 0 Å². The van der Waals surface area contributed by atoms with E-state index in [1.807, 2.05) is 67.6 Å². The van der Waals surface area contributed by atoms with Gasteiger partial charge in [0, 0.05) is 19.3 Å². The molecule has 6 nitrogen and oxygen atoms in total. The Morgan fingerprint density at radius 3 is 2.61 bits per heavy atom. The number of rotatable bonds is 3. The molecule has 4 aromatic carbocycles. The van der Waals surface area contributed by atoms with E-state index in [0.717, 1.165) is 21.9 Å². The first-order valence-electron chi connectivity index (χ1n) is 10.7. The molecular formula is C27H23N3O3.